The molecule has 0 heterocycles. The van der Waals surface area contributed by atoms with Crippen LogP contribution in [0.2, 0.25) is 0 Å². The molecule has 108 valence electrons. The molecular weight excluding hydrogens is 236 g/mol. The highest BCUT2D eigenvalue weighted by molar-refractivity contribution is 5.77. The first-order chi connectivity index (χ1) is 9.22. The molecule has 3 nitrogen and oxygen atoms in total. The summed E-state index contributed by atoms with van der Waals surface area (Å²) in [4.78, 5) is 14.9. The first-order valence-electron chi connectivity index (χ1n) is 8.22. The van der Waals surface area contributed by atoms with E-state index in [0.29, 0.717) is 24.9 Å². The first-order valence-corrected chi connectivity index (χ1v) is 8.22. The normalized spacial score (nSPS) is 26.2. The molecule has 0 aliphatic heterocycles. The van der Waals surface area contributed by atoms with Crippen LogP contribution in [0.1, 0.15) is 64.2 Å². The predicted octanol–water partition coefficient (Wildman–Crippen LogP) is 2.69. The number of carbonyl (C=O) groups excluding carboxylic acids is 1. The van der Waals surface area contributed by atoms with E-state index >= 15 is 0 Å². The molecule has 3 rings (SSSR count). The van der Waals surface area contributed by atoms with Crippen molar-refractivity contribution in [2.24, 2.45) is 17.1 Å². The quantitative estimate of drug-likeness (QED) is 0.801. The number of nitrogens with two attached hydrogens (primary N) is 1. The van der Waals surface area contributed by atoms with Gasteiger partial charge in [-0.3, -0.25) is 4.79 Å². The van der Waals surface area contributed by atoms with Gasteiger partial charge in [0.15, 0.2) is 0 Å². The summed E-state index contributed by atoms with van der Waals surface area (Å²) in [6, 6.07) is 0.575. The summed E-state index contributed by atoms with van der Waals surface area (Å²) >= 11 is 0. The summed E-state index contributed by atoms with van der Waals surface area (Å²) in [6.45, 7) is 1.73. The molecule has 0 spiro atoms. The molecule has 2 N–H and O–H groups in total. The van der Waals surface area contributed by atoms with Gasteiger partial charge < -0.3 is 10.6 Å². The average molecular weight is 264 g/mol. The third-order valence-corrected chi connectivity index (χ3v) is 5.33. The van der Waals surface area contributed by atoms with Gasteiger partial charge in [-0.25, -0.2) is 0 Å². The molecule has 0 atom stereocenters. The van der Waals surface area contributed by atoms with E-state index in [1.165, 1.54) is 44.9 Å². The third-order valence-electron chi connectivity index (χ3n) is 5.33. The van der Waals surface area contributed by atoms with Crippen LogP contribution in [0.25, 0.3) is 0 Å². The van der Waals surface area contributed by atoms with E-state index in [4.69, 9.17) is 5.73 Å². The van der Waals surface area contributed by atoms with Crippen molar-refractivity contribution >= 4 is 5.91 Å². The molecule has 1 amide bonds. The number of amides is 1. The van der Waals surface area contributed by atoms with Gasteiger partial charge in [0.05, 0.1) is 0 Å². The number of rotatable bonds is 6. The first kappa shape index (κ1) is 13.4. The van der Waals surface area contributed by atoms with Crippen molar-refractivity contribution in [1.29, 1.82) is 0 Å². The van der Waals surface area contributed by atoms with Crippen LogP contribution >= 0.6 is 0 Å². The van der Waals surface area contributed by atoms with Crippen LogP contribution in [0, 0.1) is 11.3 Å². The fraction of sp³-hybridized carbons (Fsp3) is 0.938. The SMILES string of the molecule is NCC1(CC(=O)N(CC2CC2)C2CC2)CCCCC1. The van der Waals surface area contributed by atoms with Crippen LogP contribution in [-0.2, 0) is 4.79 Å². The maximum atomic E-state index is 12.7. The van der Waals surface area contributed by atoms with E-state index in [1.807, 2.05) is 0 Å². The maximum absolute atomic E-state index is 12.7. The average Bonchev–Trinajstić information content (AvgIpc) is 3.28. The van der Waals surface area contributed by atoms with Crippen LogP contribution in [0.5, 0.6) is 0 Å². The molecular formula is C16H28N2O. The minimum absolute atomic E-state index is 0.131. The zero-order valence-corrected chi connectivity index (χ0v) is 12.1. The van der Waals surface area contributed by atoms with Crippen LogP contribution in [0.15, 0.2) is 0 Å². The largest absolute Gasteiger partial charge is 0.339 e. The van der Waals surface area contributed by atoms with Gasteiger partial charge in [-0.1, -0.05) is 19.3 Å². The molecule has 0 radical (unpaired) electrons. The Morgan fingerprint density at radius 2 is 1.79 bits per heavy atom. The standard InChI is InChI=1S/C16H28N2O/c17-12-16(8-2-1-3-9-16)10-15(19)18(14-6-7-14)11-13-4-5-13/h13-14H,1-12,17H2. The minimum atomic E-state index is 0.131. The van der Waals surface area contributed by atoms with Gasteiger partial charge in [0.2, 0.25) is 5.91 Å². The van der Waals surface area contributed by atoms with Crippen LogP contribution in [0.4, 0.5) is 0 Å². The summed E-state index contributed by atoms with van der Waals surface area (Å²) < 4.78 is 0. The highest BCUT2D eigenvalue weighted by Gasteiger charge is 2.40. The smallest absolute Gasteiger partial charge is 0.223 e. The Morgan fingerprint density at radius 1 is 1.11 bits per heavy atom. The Kier molecular flexibility index (Phi) is 3.84. The number of hydrogen-bond donors (Lipinski definition) is 1. The van der Waals surface area contributed by atoms with Crippen molar-refractivity contribution < 1.29 is 4.79 Å². The third kappa shape index (κ3) is 3.31. The molecule has 3 saturated carbocycles. The van der Waals surface area contributed by atoms with Gasteiger partial charge in [0, 0.05) is 19.0 Å². The highest BCUT2D eigenvalue weighted by Crippen LogP contribution is 2.41. The molecule has 0 bridgehead atoms. The Balaban J connectivity index is 1.60. The zero-order chi connectivity index (χ0) is 13.3. The monoisotopic (exact) mass is 264 g/mol. The van der Waals surface area contributed by atoms with E-state index in [1.54, 1.807) is 0 Å². The lowest BCUT2D eigenvalue weighted by Crippen LogP contribution is -2.42. The van der Waals surface area contributed by atoms with Gasteiger partial charge >= 0.3 is 0 Å². The van der Waals surface area contributed by atoms with Crippen LogP contribution in [0.3, 0.4) is 0 Å². The second kappa shape index (κ2) is 5.43. The zero-order valence-electron chi connectivity index (χ0n) is 12.1. The van der Waals surface area contributed by atoms with Crippen molar-refractivity contribution in [3.8, 4) is 0 Å². The van der Waals surface area contributed by atoms with Crippen LogP contribution < -0.4 is 5.73 Å². The molecule has 3 fully saturated rings. The molecule has 19 heavy (non-hydrogen) atoms. The summed E-state index contributed by atoms with van der Waals surface area (Å²) in [5.74, 6) is 1.21. The summed E-state index contributed by atoms with van der Waals surface area (Å²) in [6.07, 6.45) is 12.0. The second-order valence-corrected chi connectivity index (χ2v) is 7.16. The van der Waals surface area contributed by atoms with Crippen molar-refractivity contribution in [2.75, 3.05) is 13.1 Å². The summed E-state index contributed by atoms with van der Waals surface area (Å²) in [5.41, 5.74) is 6.15. The minimum Gasteiger partial charge on any atom is -0.339 e. The second-order valence-electron chi connectivity index (χ2n) is 7.16. The molecule has 0 aromatic carbocycles. The molecule has 3 aliphatic rings. The number of carbonyl (C=O) groups is 1. The van der Waals surface area contributed by atoms with Crippen LogP contribution in [-0.4, -0.2) is 29.9 Å². The lowest BCUT2D eigenvalue weighted by atomic mass is 9.71. The van der Waals surface area contributed by atoms with E-state index in [9.17, 15) is 4.79 Å². The van der Waals surface area contributed by atoms with Gasteiger partial charge in [-0.2, -0.15) is 0 Å². The summed E-state index contributed by atoms with van der Waals surface area (Å²) in [7, 11) is 0. The van der Waals surface area contributed by atoms with Gasteiger partial charge in [0.1, 0.15) is 0 Å². The molecule has 0 unspecified atom stereocenters. The van der Waals surface area contributed by atoms with Crippen molar-refractivity contribution in [3.63, 3.8) is 0 Å². The topological polar surface area (TPSA) is 46.3 Å². The van der Waals surface area contributed by atoms with E-state index in [2.05, 4.69) is 4.90 Å². The molecule has 3 heteroatoms. The molecule has 0 saturated heterocycles. The molecule has 3 aliphatic carbocycles. The lowest BCUT2D eigenvalue weighted by Gasteiger charge is -2.37. The van der Waals surface area contributed by atoms with Gasteiger partial charge in [-0.15, -0.1) is 0 Å². The lowest BCUT2D eigenvalue weighted by molar-refractivity contribution is -0.135. The predicted molar refractivity (Wildman–Crippen MR) is 76.6 cm³/mol. The van der Waals surface area contributed by atoms with Crippen molar-refractivity contribution in [2.45, 2.75) is 70.3 Å². The van der Waals surface area contributed by atoms with Crippen molar-refractivity contribution in [1.82, 2.24) is 4.90 Å². The van der Waals surface area contributed by atoms with Crippen molar-refractivity contribution in [3.05, 3.63) is 0 Å². The van der Waals surface area contributed by atoms with Gasteiger partial charge in [-0.05, 0) is 56.4 Å². The molecule has 0 aromatic rings. The summed E-state index contributed by atoms with van der Waals surface area (Å²) in [5, 5.41) is 0. The fourth-order valence-corrected chi connectivity index (χ4v) is 3.60. The van der Waals surface area contributed by atoms with E-state index < -0.39 is 0 Å². The number of hydrogen-bond acceptors (Lipinski definition) is 2. The highest BCUT2D eigenvalue weighted by atomic mass is 16.2. The number of nitrogens with zero attached hydrogens (tertiary/aromatic N) is 1. The van der Waals surface area contributed by atoms with Gasteiger partial charge in [0.25, 0.3) is 0 Å². The Hall–Kier alpha value is -0.570. The Bertz CT molecular complexity index is 328. The Labute approximate surface area is 116 Å². The molecule has 0 aromatic heterocycles. The fourth-order valence-electron chi connectivity index (χ4n) is 3.60. The maximum Gasteiger partial charge on any atom is 0.223 e. The Morgan fingerprint density at radius 3 is 2.32 bits per heavy atom. The van der Waals surface area contributed by atoms with E-state index in [0.717, 1.165) is 25.3 Å². The van der Waals surface area contributed by atoms with E-state index in [-0.39, 0.29) is 5.41 Å².